The number of halogens is 1. The highest BCUT2D eigenvalue weighted by Gasteiger charge is 2.22. The third-order valence-electron chi connectivity index (χ3n) is 4.40. The molecule has 2 atom stereocenters. The van der Waals surface area contributed by atoms with Gasteiger partial charge in [0.2, 0.25) is 0 Å². The molecular weight excluding hydrogens is 326 g/mol. The summed E-state index contributed by atoms with van der Waals surface area (Å²) in [5, 5.41) is 3.53. The molecule has 0 saturated carbocycles. The van der Waals surface area contributed by atoms with Crippen LogP contribution < -0.4 is 10.2 Å². The summed E-state index contributed by atoms with van der Waals surface area (Å²) in [6.07, 6.45) is 1.31. The summed E-state index contributed by atoms with van der Waals surface area (Å²) in [6, 6.07) is 7.01. The van der Waals surface area contributed by atoms with Crippen molar-refractivity contribution in [3.05, 3.63) is 28.2 Å². The lowest BCUT2D eigenvalue weighted by Crippen LogP contribution is -2.29. The van der Waals surface area contributed by atoms with E-state index < -0.39 is 0 Å². The van der Waals surface area contributed by atoms with Crippen molar-refractivity contribution in [3.63, 3.8) is 0 Å². The zero-order valence-electron chi connectivity index (χ0n) is 13.7. The van der Waals surface area contributed by atoms with Crippen LogP contribution in [0.1, 0.15) is 31.9 Å². The van der Waals surface area contributed by atoms with Gasteiger partial charge in [-0.3, -0.25) is 0 Å². The Balaban J connectivity index is 2.13. The van der Waals surface area contributed by atoms with Crippen molar-refractivity contribution >= 4 is 21.6 Å². The average molecular weight is 354 g/mol. The third-order valence-corrected chi connectivity index (χ3v) is 4.89. The summed E-state index contributed by atoms with van der Waals surface area (Å²) in [7, 11) is 4.45. The molecule has 1 heterocycles. The smallest absolute Gasteiger partial charge is 0.0412 e. The largest absolute Gasteiger partial charge is 0.374 e. The minimum atomic E-state index is 0.371. The number of hydrogen-bond acceptors (Lipinski definition) is 3. The first-order valence-electron chi connectivity index (χ1n) is 7.93. The van der Waals surface area contributed by atoms with E-state index in [1.54, 1.807) is 0 Å². The van der Waals surface area contributed by atoms with Crippen LogP contribution in [0, 0.1) is 5.92 Å². The van der Waals surface area contributed by atoms with Crippen LogP contribution in [-0.2, 0) is 0 Å². The van der Waals surface area contributed by atoms with Gasteiger partial charge in [0.1, 0.15) is 0 Å². The number of benzene rings is 1. The number of likely N-dealkylation sites (tertiary alicyclic amines) is 1. The molecular formula is C17H28BrN3. The highest BCUT2D eigenvalue weighted by atomic mass is 79.9. The van der Waals surface area contributed by atoms with Crippen LogP contribution in [0.4, 0.5) is 5.69 Å². The SMILES string of the molecule is CCNC(C)c1cc(Br)ccc1N(C)CC1CCN(C)C1. The second-order valence-corrected chi connectivity index (χ2v) is 7.20. The van der Waals surface area contributed by atoms with E-state index in [0.29, 0.717) is 6.04 Å². The first kappa shape index (κ1) is 16.8. The van der Waals surface area contributed by atoms with Crippen LogP contribution >= 0.6 is 15.9 Å². The predicted octanol–water partition coefficient (Wildman–Crippen LogP) is 3.51. The molecule has 1 saturated heterocycles. The van der Waals surface area contributed by atoms with Gasteiger partial charge >= 0.3 is 0 Å². The lowest BCUT2D eigenvalue weighted by Gasteiger charge is -2.28. The van der Waals surface area contributed by atoms with Crippen LogP contribution in [0.25, 0.3) is 0 Å². The van der Waals surface area contributed by atoms with Crippen molar-refractivity contribution in [3.8, 4) is 0 Å². The summed E-state index contributed by atoms with van der Waals surface area (Å²) < 4.78 is 1.15. The van der Waals surface area contributed by atoms with E-state index in [-0.39, 0.29) is 0 Å². The van der Waals surface area contributed by atoms with Crippen molar-refractivity contribution in [1.82, 2.24) is 10.2 Å². The molecule has 0 bridgehead atoms. The van der Waals surface area contributed by atoms with Gasteiger partial charge in [-0.2, -0.15) is 0 Å². The molecule has 1 aliphatic rings. The summed E-state index contributed by atoms with van der Waals surface area (Å²) in [4.78, 5) is 4.86. The molecule has 21 heavy (non-hydrogen) atoms. The van der Waals surface area contributed by atoms with E-state index >= 15 is 0 Å². The monoisotopic (exact) mass is 353 g/mol. The van der Waals surface area contributed by atoms with Gasteiger partial charge in [0, 0.05) is 36.3 Å². The number of hydrogen-bond donors (Lipinski definition) is 1. The van der Waals surface area contributed by atoms with E-state index in [4.69, 9.17) is 0 Å². The topological polar surface area (TPSA) is 18.5 Å². The molecule has 3 nitrogen and oxygen atoms in total. The van der Waals surface area contributed by atoms with E-state index in [9.17, 15) is 0 Å². The lowest BCUT2D eigenvalue weighted by molar-refractivity contribution is 0.395. The summed E-state index contributed by atoms with van der Waals surface area (Å²) in [6.45, 7) is 8.98. The quantitative estimate of drug-likeness (QED) is 0.844. The first-order chi connectivity index (χ1) is 10.0. The Labute approximate surface area is 137 Å². The van der Waals surface area contributed by atoms with Gasteiger partial charge in [-0.15, -0.1) is 0 Å². The van der Waals surface area contributed by atoms with Crippen molar-refractivity contribution in [1.29, 1.82) is 0 Å². The molecule has 1 aliphatic heterocycles. The molecule has 118 valence electrons. The molecule has 1 aromatic carbocycles. The fraction of sp³-hybridized carbons (Fsp3) is 0.647. The second kappa shape index (κ2) is 7.61. The standard InChI is InChI=1S/C17H28BrN3/c1-5-19-13(2)16-10-15(18)6-7-17(16)21(4)12-14-8-9-20(3)11-14/h6-7,10,13-14,19H,5,8-9,11-12H2,1-4H3. The second-order valence-electron chi connectivity index (χ2n) is 6.28. The van der Waals surface area contributed by atoms with Gasteiger partial charge < -0.3 is 15.1 Å². The van der Waals surface area contributed by atoms with Gasteiger partial charge in [-0.1, -0.05) is 22.9 Å². The minimum Gasteiger partial charge on any atom is -0.374 e. The van der Waals surface area contributed by atoms with E-state index in [1.807, 2.05) is 0 Å². The fourth-order valence-electron chi connectivity index (χ4n) is 3.30. The van der Waals surface area contributed by atoms with Gasteiger partial charge in [0.05, 0.1) is 0 Å². The van der Waals surface area contributed by atoms with Crippen LogP contribution in [0.15, 0.2) is 22.7 Å². The van der Waals surface area contributed by atoms with Crippen LogP contribution in [0.2, 0.25) is 0 Å². The number of nitrogens with zero attached hydrogens (tertiary/aromatic N) is 2. The maximum atomic E-state index is 3.61. The molecule has 0 spiro atoms. The van der Waals surface area contributed by atoms with Gasteiger partial charge in [0.25, 0.3) is 0 Å². The third kappa shape index (κ3) is 4.44. The van der Waals surface area contributed by atoms with Gasteiger partial charge in [0.15, 0.2) is 0 Å². The van der Waals surface area contributed by atoms with Gasteiger partial charge in [-0.05, 0) is 63.2 Å². The van der Waals surface area contributed by atoms with Crippen LogP contribution in [-0.4, -0.2) is 45.2 Å². The van der Waals surface area contributed by atoms with Crippen molar-refractivity contribution in [2.24, 2.45) is 5.92 Å². The molecule has 2 unspecified atom stereocenters. The van der Waals surface area contributed by atoms with Crippen LogP contribution in [0.5, 0.6) is 0 Å². The highest BCUT2D eigenvalue weighted by molar-refractivity contribution is 9.10. The zero-order chi connectivity index (χ0) is 15.4. The van der Waals surface area contributed by atoms with Crippen LogP contribution in [0.3, 0.4) is 0 Å². The molecule has 0 aromatic heterocycles. The lowest BCUT2D eigenvalue weighted by atomic mass is 10.0. The molecule has 2 rings (SSSR count). The summed E-state index contributed by atoms with van der Waals surface area (Å²) >= 11 is 3.61. The zero-order valence-corrected chi connectivity index (χ0v) is 15.3. The van der Waals surface area contributed by atoms with Crippen molar-refractivity contribution in [2.45, 2.75) is 26.3 Å². The minimum absolute atomic E-state index is 0.371. The van der Waals surface area contributed by atoms with Gasteiger partial charge in [-0.25, -0.2) is 0 Å². The van der Waals surface area contributed by atoms with E-state index in [0.717, 1.165) is 23.5 Å². The van der Waals surface area contributed by atoms with E-state index in [2.05, 4.69) is 77.2 Å². The van der Waals surface area contributed by atoms with E-state index in [1.165, 1.54) is 30.8 Å². The number of nitrogens with one attached hydrogen (secondary N) is 1. The van der Waals surface area contributed by atoms with Crippen molar-refractivity contribution < 1.29 is 0 Å². The highest BCUT2D eigenvalue weighted by Crippen LogP contribution is 2.30. The maximum Gasteiger partial charge on any atom is 0.0412 e. The molecule has 0 radical (unpaired) electrons. The Morgan fingerprint density at radius 3 is 2.86 bits per heavy atom. The Morgan fingerprint density at radius 1 is 1.48 bits per heavy atom. The predicted molar refractivity (Wildman–Crippen MR) is 95.1 cm³/mol. The Bertz CT molecular complexity index is 463. The molecule has 1 N–H and O–H groups in total. The molecule has 0 amide bonds. The maximum absolute atomic E-state index is 3.61. The molecule has 1 fully saturated rings. The summed E-state index contributed by atoms with van der Waals surface area (Å²) in [5.41, 5.74) is 2.72. The van der Waals surface area contributed by atoms with Crippen molar-refractivity contribution in [2.75, 3.05) is 45.2 Å². The molecule has 1 aromatic rings. The number of rotatable bonds is 6. The number of anilines is 1. The molecule has 4 heteroatoms. The average Bonchev–Trinajstić information content (AvgIpc) is 2.84. The molecule has 0 aliphatic carbocycles. The normalized spacial score (nSPS) is 20.7. The fourth-order valence-corrected chi connectivity index (χ4v) is 3.68. The Kier molecular flexibility index (Phi) is 6.08. The first-order valence-corrected chi connectivity index (χ1v) is 8.73. The summed E-state index contributed by atoms with van der Waals surface area (Å²) in [5.74, 6) is 0.783. The Hall–Kier alpha value is -0.580. The Morgan fingerprint density at radius 2 is 2.24 bits per heavy atom.